The second-order valence-electron chi connectivity index (χ2n) is 7.63. The Balaban J connectivity index is 1.51. The first kappa shape index (κ1) is 23.3. The average Bonchev–Trinajstić information content (AvgIpc) is 3.28. The number of nitrogens with zero attached hydrogens (tertiary/aromatic N) is 3. The molecule has 7 nitrogen and oxygen atoms in total. The van der Waals surface area contributed by atoms with Gasteiger partial charge in [-0.05, 0) is 48.9 Å². The number of hydrogen-bond acceptors (Lipinski definition) is 6. The van der Waals surface area contributed by atoms with Gasteiger partial charge in [-0.1, -0.05) is 59.8 Å². The van der Waals surface area contributed by atoms with E-state index in [1.54, 1.807) is 7.11 Å². The highest BCUT2D eigenvalue weighted by atomic mass is 32.2. The maximum atomic E-state index is 12.4. The lowest BCUT2D eigenvalue weighted by atomic mass is 10.1. The van der Waals surface area contributed by atoms with Crippen molar-refractivity contribution in [3.63, 3.8) is 0 Å². The van der Waals surface area contributed by atoms with Crippen molar-refractivity contribution in [3.05, 3.63) is 90.0 Å². The van der Waals surface area contributed by atoms with E-state index in [4.69, 9.17) is 4.74 Å². The number of thioether (sulfide) groups is 1. The minimum Gasteiger partial charge on any atom is -0.497 e. The Kier molecular flexibility index (Phi) is 7.39. The zero-order chi connectivity index (χ0) is 23.9. The maximum Gasteiger partial charge on any atom is 0.237 e. The molecule has 1 heterocycles. The molecule has 0 saturated carbocycles. The SMILES string of the molecule is COc1ccc(-c2nnc(SCC(=O)NC(=O)Cc3ccccc3)n2-c2ccc(C)cc2)cc1. The Bertz CT molecular complexity index is 1270. The number of benzene rings is 3. The zero-order valence-electron chi connectivity index (χ0n) is 18.9. The van der Waals surface area contributed by atoms with Crippen molar-refractivity contribution >= 4 is 23.6 Å². The Morgan fingerprint density at radius 2 is 1.62 bits per heavy atom. The fourth-order valence-electron chi connectivity index (χ4n) is 3.36. The van der Waals surface area contributed by atoms with E-state index in [2.05, 4.69) is 15.5 Å². The molecule has 0 aliphatic heterocycles. The van der Waals surface area contributed by atoms with Gasteiger partial charge < -0.3 is 4.74 Å². The van der Waals surface area contributed by atoms with Gasteiger partial charge in [-0.3, -0.25) is 19.5 Å². The molecule has 0 fully saturated rings. The molecule has 172 valence electrons. The summed E-state index contributed by atoms with van der Waals surface area (Å²) in [4.78, 5) is 24.6. The van der Waals surface area contributed by atoms with Gasteiger partial charge in [-0.25, -0.2) is 0 Å². The fourth-order valence-corrected chi connectivity index (χ4v) is 4.12. The molecule has 0 atom stereocenters. The third-order valence-electron chi connectivity index (χ3n) is 5.09. The smallest absolute Gasteiger partial charge is 0.237 e. The lowest BCUT2D eigenvalue weighted by molar-refractivity contribution is -0.128. The van der Waals surface area contributed by atoms with Crippen molar-refractivity contribution in [1.29, 1.82) is 0 Å². The van der Waals surface area contributed by atoms with Gasteiger partial charge in [0.15, 0.2) is 11.0 Å². The Hall–Kier alpha value is -3.91. The van der Waals surface area contributed by atoms with E-state index in [-0.39, 0.29) is 24.0 Å². The van der Waals surface area contributed by atoms with E-state index in [1.807, 2.05) is 90.4 Å². The number of nitrogens with one attached hydrogen (secondary N) is 1. The number of imide groups is 1. The maximum absolute atomic E-state index is 12.4. The third-order valence-corrected chi connectivity index (χ3v) is 6.02. The number of aryl methyl sites for hydroxylation is 1. The highest BCUT2D eigenvalue weighted by molar-refractivity contribution is 7.99. The topological polar surface area (TPSA) is 86.1 Å². The van der Waals surface area contributed by atoms with E-state index >= 15 is 0 Å². The molecule has 0 aliphatic rings. The van der Waals surface area contributed by atoms with Crippen molar-refractivity contribution in [3.8, 4) is 22.8 Å². The van der Waals surface area contributed by atoms with Crippen LogP contribution < -0.4 is 10.1 Å². The summed E-state index contributed by atoms with van der Waals surface area (Å²) in [5, 5.41) is 11.7. The van der Waals surface area contributed by atoms with Gasteiger partial charge in [0.05, 0.1) is 19.3 Å². The monoisotopic (exact) mass is 472 g/mol. The Labute approximate surface area is 202 Å². The third kappa shape index (κ3) is 5.71. The van der Waals surface area contributed by atoms with E-state index in [9.17, 15) is 9.59 Å². The molecule has 1 N–H and O–H groups in total. The Morgan fingerprint density at radius 3 is 2.29 bits per heavy atom. The molecule has 34 heavy (non-hydrogen) atoms. The lowest BCUT2D eigenvalue weighted by Gasteiger charge is -2.11. The molecule has 1 aromatic heterocycles. The van der Waals surface area contributed by atoms with E-state index < -0.39 is 0 Å². The second-order valence-corrected chi connectivity index (χ2v) is 8.57. The predicted molar refractivity (Wildman–Crippen MR) is 132 cm³/mol. The summed E-state index contributed by atoms with van der Waals surface area (Å²) < 4.78 is 7.16. The summed E-state index contributed by atoms with van der Waals surface area (Å²) in [5.41, 5.74) is 3.73. The van der Waals surface area contributed by atoms with Crippen LogP contribution in [-0.4, -0.2) is 39.4 Å². The number of carbonyl (C=O) groups excluding carboxylic acids is 2. The van der Waals surface area contributed by atoms with Crippen molar-refractivity contribution in [2.75, 3.05) is 12.9 Å². The van der Waals surface area contributed by atoms with Crippen LogP contribution in [0.1, 0.15) is 11.1 Å². The van der Waals surface area contributed by atoms with Crippen LogP contribution in [-0.2, 0) is 16.0 Å². The van der Waals surface area contributed by atoms with Crippen LogP contribution in [0.15, 0.2) is 84.0 Å². The number of amides is 2. The van der Waals surface area contributed by atoms with Crippen LogP contribution in [0.4, 0.5) is 0 Å². The highest BCUT2D eigenvalue weighted by Gasteiger charge is 2.18. The second kappa shape index (κ2) is 10.8. The summed E-state index contributed by atoms with van der Waals surface area (Å²) in [6.45, 7) is 2.02. The van der Waals surface area contributed by atoms with Crippen LogP contribution in [0.5, 0.6) is 5.75 Å². The first-order chi connectivity index (χ1) is 16.5. The Morgan fingerprint density at radius 1 is 0.912 bits per heavy atom. The van der Waals surface area contributed by atoms with Gasteiger partial charge in [0.1, 0.15) is 5.75 Å². The number of rotatable bonds is 8. The van der Waals surface area contributed by atoms with Crippen molar-refractivity contribution in [2.45, 2.75) is 18.5 Å². The summed E-state index contributed by atoms with van der Waals surface area (Å²) >= 11 is 1.23. The van der Waals surface area contributed by atoms with E-state index in [0.717, 1.165) is 28.1 Å². The van der Waals surface area contributed by atoms with Crippen LogP contribution >= 0.6 is 11.8 Å². The standard InChI is InChI=1S/C26H24N4O3S/c1-18-8-12-21(13-9-18)30-25(20-10-14-22(33-2)15-11-20)28-29-26(30)34-17-24(32)27-23(31)16-19-6-4-3-5-7-19/h3-15H,16-17H2,1-2H3,(H,27,31,32). The normalized spacial score (nSPS) is 10.6. The largest absolute Gasteiger partial charge is 0.497 e. The molecule has 0 bridgehead atoms. The fraction of sp³-hybridized carbons (Fsp3) is 0.154. The summed E-state index contributed by atoms with van der Waals surface area (Å²) in [7, 11) is 1.62. The van der Waals surface area contributed by atoms with Crippen LogP contribution in [0, 0.1) is 6.92 Å². The molecule has 0 saturated heterocycles. The van der Waals surface area contributed by atoms with Crippen molar-refractivity contribution in [2.24, 2.45) is 0 Å². The minimum absolute atomic E-state index is 0.0349. The van der Waals surface area contributed by atoms with Gasteiger partial charge in [-0.2, -0.15) is 0 Å². The van der Waals surface area contributed by atoms with Crippen LogP contribution in [0.3, 0.4) is 0 Å². The quantitative estimate of drug-likeness (QED) is 0.386. The zero-order valence-corrected chi connectivity index (χ0v) is 19.7. The average molecular weight is 473 g/mol. The lowest BCUT2D eigenvalue weighted by Crippen LogP contribution is -2.33. The molecule has 2 amide bonds. The van der Waals surface area contributed by atoms with Gasteiger partial charge in [0.25, 0.3) is 0 Å². The molecule has 0 aliphatic carbocycles. The number of ether oxygens (including phenoxy) is 1. The van der Waals surface area contributed by atoms with Gasteiger partial charge in [-0.15, -0.1) is 10.2 Å². The summed E-state index contributed by atoms with van der Waals surface area (Å²) in [6.07, 6.45) is 0.151. The summed E-state index contributed by atoms with van der Waals surface area (Å²) in [5.74, 6) is 0.713. The van der Waals surface area contributed by atoms with Crippen LogP contribution in [0.25, 0.3) is 17.1 Å². The molecule has 0 unspecified atom stereocenters. The van der Waals surface area contributed by atoms with Gasteiger partial charge >= 0.3 is 0 Å². The van der Waals surface area contributed by atoms with Crippen molar-refractivity contribution in [1.82, 2.24) is 20.1 Å². The van der Waals surface area contributed by atoms with Gasteiger partial charge in [0.2, 0.25) is 11.8 Å². The molecule has 3 aromatic carbocycles. The highest BCUT2D eigenvalue weighted by Crippen LogP contribution is 2.29. The van der Waals surface area contributed by atoms with Gasteiger partial charge in [0, 0.05) is 11.3 Å². The molecule has 4 aromatic rings. The molecule has 0 spiro atoms. The molecular formula is C26H24N4O3S. The number of carbonyl (C=O) groups is 2. The summed E-state index contributed by atoms with van der Waals surface area (Å²) in [6, 6.07) is 24.8. The van der Waals surface area contributed by atoms with E-state index in [1.165, 1.54) is 11.8 Å². The minimum atomic E-state index is -0.379. The first-order valence-electron chi connectivity index (χ1n) is 10.7. The first-order valence-corrected chi connectivity index (χ1v) is 11.7. The molecular weight excluding hydrogens is 448 g/mol. The number of aromatic nitrogens is 3. The predicted octanol–water partition coefficient (Wildman–Crippen LogP) is 4.23. The molecule has 8 heteroatoms. The number of methoxy groups -OCH3 is 1. The molecule has 4 rings (SSSR count). The van der Waals surface area contributed by atoms with Crippen LogP contribution in [0.2, 0.25) is 0 Å². The molecule has 0 radical (unpaired) electrons. The number of hydrogen-bond donors (Lipinski definition) is 1. The van der Waals surface area contributed by atoms with E-state index in [0.29, 0.717) is 11.0 Å². The van der Waals surface area contributed by atoms with Crippen molar-refractivity contribution < 1.29 is 14.3 Å².